The lowest BCUT2D eigenvalue weighted by molar-refractivity contribution is -0.137. The third-order valence-corrected chi connectivity index (χ3v) is 4.52. The molecule has 1 aliphatic heterocycles. The molecule has 1 fully saturated rings. The van der Waals surface area contributed by atoms with Gasteiger partial charge in [0.15, 0.2) is 0 Å². The summed E-state index contributed by atoms with van der Waals surface area (Å²) in [6.45, 7) is 2.65. The topological polar surface area (TPSA) is 62.7 Å². The van der Waals surface area contributed by atoms with Crippen LogP contribution in [-0.4, -0.2) is 52.8 Å². The molecule has 27 heavy (non-hydrogen) atoms. The van der Waals surface area contributed by atoms with E-state index < -0.39 is 23.9 Å². The summed E-state index contributed by atoms with van der Waals surface area (Å²) in [5.41, 5.74) is 0.416. The average molecular weight is 380 g/mol. The van der Waals surface area contributed by atoms with E-state index in [0.29, 0.717) is 23.4 Å². The maximum absolute atomic E-state index is 12.9. The first-order chi connectivity index (χ1) is 12.8. The van der Waals surface area contributed by atoms with Crippen molar-refractivity contribution in [2.24, 2.45) is 0 Å². The second kappa shape index (κ2) is 7.66. The molecule has 8 heteroatoms. The molecule has 1 aromatic carbocycles. The zero-order valence-electron chi connectivity index (χ0n) is 14.6. The Bertz CT molecular complexity index is 809. The summed E-state index contributed by atoms with van der Waals surface area (Å²) in [4.78, 5) is 18.3. The van der Waals surface area contributed by atoms with E-state index in [0.717, 1.165) is 12.3 Å². The molecule has 0 radical (unpaired) electrons. The Morgan fingerprint density at radius 1 is 1.30 bits per heavy atom. The van der Waals surface area contributed by atoms with Crippen LogP contribution in [0.3, 0.4) is 0 Å². The number of carbonyl (C=O) groups excluding carboxylic acids is 1. The van der Waals surface area contributed by atoms with E-state index in [1.807, 2.05) is 6.92 Å². The van der Waals surface area contributed by atoms with Crippen molar-refractivity contribution in [2.45, 2.75) is 25.2 Å². The van der Waals surface area contributed by atoms with E-state index in [1.54, 1.807) is 24.3 Å². The summed E-state index contributed by atoms with van der Waals surface area (Å²) in [6, 6.07) is 8.35. The monoisotopic (exact) mass is 380 g/mol. The number of pyridine rings is 1. The van der Waals surface area contributed by atoms with Gasteiger partial charge in [0.2, 0.25) is 0 Å². The Kier molecular flexibility index (Phi) is 5.48. The minimum absolute atomic E-state index is 0.184. The number of aromatic nitrogens is 1. The zero-order chi connectivity index (χ0) is 19.6. The van der Waals surface area contributed by atoms with Crippen molar-refractivity contribution in [3.05, 3.63) is 53.7 Å². The van der Waals surface area contributed by atoms with Crippen LogP contribution < -0.4 is 0 Å². The van der Waals surface area contributed by atoms with E-state index in [4.69, 9.17) is 4.74 Å². The van der Waals surface area contributed by atoms with Crippen molar-refractivity contribution >= 4 is 5.91 Å². The summed E-state index contributed by atoms with van der Waals surface area (Å²) >= 11 is 0. The largest absolute Gasteiger partial charge is 0.417 e. The molecule has 0 unspecified atom stereocenters. The molecule has 2 aromatic rings. The molecule has 144 valence electrons. The van der Waals surface area contributed by atoms with Crippen LogP contribution in [0.4, 0.5) is 13.2 Å². The van der Waals surface area contributed by atoms with E-state index in [1.165, 1.54) is 11.0 Å². The Balaban J connectivity index is 1.85. The predicted molar refractivity (Wildman–Crippen MR) is 92.0 cm³/mol. The number of benzene rings is 1. The van der Waals surface area contributed by atoms with Crippen molar-refractivity contribution < 1.29 is 27.8 Å². The van der Waals surface area contributed by atoms with Crippen LogP contribution in [0.15, 0.2) is 42.6 Å². The Morgan fingerprint density at radius 2 is 2.07 bits per heavy atom. The minimum atomic E-state index is -4.45. The van der Waals surface area contributed by atoms with Gasteiger partial charge in [-0.3, -0.25) is 9.78 Å². The molecule has 0 spiro atoms. The summed E-state index contributed by atoms with van der Waals surface area (Å²) in [6.07, 6.45) is -4.42. The number of ether oxygens (including phenoxy) is 1. The first kappa shape index (κ1) is 19.3. The Hall–Kier alpha value is -2.45. The van der Waals surface area contributed by atoms with Gasteiger partial charge >= 0.3 is 6.18 Å². The minimum Gasteiger partial charge on any atom is -0.388 e. The molecular weight excluding hydrogens is 361 g/mol. The number of nitrogens with zero attached hydrogens (tertiary/aromatic N) is 2. The number of likely N-dealkylation sites (N-methyl/N-ethyl adjacent to an activating group) is 1. The van der Waals surface area contributed by atoms with Gasteiger partial charge < -0.3 is 14.7 Å². The van der Waals surface area contributed by atoms with Crippen molar-refractivity contribution in [3.63, 3.8) is 0 Å². The number of amides is 1. The number of alkyl halides is 3. The smallest absolute Gasteiger partial charge is 0.388 e. The fraction of sp³-hybridized carbons (Fsp3) is 0.368. The van der Waals surface area contributed by atoms with Crippen LogP contribution >= 0.6 is 0 Å². The number of halogens is 3. The molecule has 5 nitrogen and oxygen atoms in total. The molecule has 3 rings (SSSR count). The number of hydrogen-bond acceptors (Lipinski definition) is 4. The fourth-order valence-corrected chi connectivity index (χ4v) is 3.07. The molecule has 0 saturated carbocycles. The van der Waals surface area contributed by atoms with Crippen LogP contribution in [0.1, 0.15) is 22.8 Å². The third kappa shape index (κ3) is 4.12. The average Bonchev–Trinajstić information content (AvgIpc) is 3.07. The summed E-state index contributed by atoms with van der Waals surface area (Å²) in [5.74, 6) is -0.277. The van der Waals surface area contributed by atoms with Crippen LogP contribution in [0.2, 0.25) is 0 Å². The predicted octanol–water partition coefficient (Wildman–Crippen LogP) is 2.99. The normalized spacial score (nSPS) is 19.9. The number of hydrogen-bond donors (Lipinski definition) is 1. The molecule has 1 aromatic heterocycles. The van der Waals surface area contributed by atoms with Gasteiger partial charge in [-0.2, -0.15) is 13.2 Å². The molecule has 2 heterocycles. The van der Waals surface area contributed by atoms with Gasteiger partial charge in [0.1, 0.15) is 0 Å². The van der Waals surface area contributed by atoms with Crippen molar-refractivity contribution in [1.82, 2.24) is 9.88 Å². The number of aliphatic hydroxyl groups excluding tert-OH is 1. The van der Waals surface area contributed by atoms with Gasteiger partial charge in [-0.1, -0.05) is 12.1 Å². The highest BCUT2D eigenvalue weighted by molar-refractivity contribution is 5.95. The zero-order valence-corrected chi connectivity index (χ0v) is 14.6. The fourth-order valence-electron chi connectivity index (χ4n) is 3.07. The van der Waals surface area contributed by atoms with Gasteiger partial charge in [0, 0.05) is 23.9 Å². The quantitative estimate of drug-likeness (QED) is 0.886. The Labute approximate surface area is 154 Å². The first-order valence-electron chi connectivity index (χ1n) is 8.51. The molecule has 0 aliphatic carbocycles. The van der Waals surface area contributed by atoms with E-state index in [2.05, 4.69) is 4.98 Å². The first-order valence-corrected chi connectivity index (χ1v) is 8.51. The van der Waals surface area contributed by atoms with Crippen LogP contribution in [0.5, 0.6) is 0 Å². The summed E-state index contributed by atoms with van der Waals surface area (Å²) in [7, 11) is 0. The van der Waals surface area contributed by atoms with Crippen molar-refractivity contribution in [2.75, 3.05) is 19.8 Å². The molecule has 2 atom stereocenters. The van der Waals surface area contributed by atoms with Gasteiger partial charge in [0.05, 0.1) is 36.6 Å². The highest BCUT2D eigenvalue weighted by atomic mass is 19.4. The standard InChI is InChI=1S/C19H19F3N2O3/c1-2-24(16-10-27-11-17(16)25)18(26)13-5-3-4-12(8-13)15-7-6-14(9-23-15)19(20,21)22/h3-9,16-17,25H,2,10-11H2,1H3/t16-,17-/m0/s1. The lowest BCUT2D eigenvalue weighted by atomic mass is 10.0. The van der Waals surface area contributed by atoms with Crippen LogP contribution in [0, 0.1) is 0 Å². The highest BCUT2D eigenvalue weighted by Crippen LogP contribution is 2.30. The second-order valence-electron chi connectivity index (χ2n) is 6.27. The highest BCUT2D eigenvalue weighted by Gasteiger charge is 2.34. The van der Waals surface area contributed by atoms with Crippen molar-refractivity contribution in [1.29, 1.82) is 0 Å². The maximum atomic E-state index is 12.9. The lowest BCUT2D eigenvalue weighted by Gasteiger charge is -2.29. The summed E-state index contributed by atoms with van der Waals surface area (Å²) < 4.78 is 43.3. The Morgan fingerprint density at radius 3 is 2.63 bits per heavy atom. The lowest BCUT2D eigenvalue weighted by Crippen LogP contribution is -2.46. The van der Waals surface area contributed by atoms with Gasteiger partial charge in [0.25, 0.3) is 5.91 Å². The van der Waals surface area contributed by atoms with Crippen LogP contribution in [-0.2, 0) is 10.9 Å². The second-order valence-corrected chi connectivity index (χ2v) is 6.27. The van der Waals surface area contributed by atoms with Gasteiger partial charge in [-0.25, -0.2) is 0 Å². The number of rotatable bonds is 4. The molecule has 1 aliphatic rings. The third-order valence-electron chi connectivity index (χ3n) is 4.52. The molecule has 1 N–H and O–H groups in total. The number of aliphatic hydroxyl groups is 1. The van der Waals surface area contributed by atoms with Crippen LogP contribution in [0.25, 0.3) is 11.3 Å². The molecular formula is C19H19F3N2O3. The van der Waals surface area contributed by atoms with Crippen molar-refractivity contribution in [3.8, 4) is 11.3 Å². The van der Waals surface area contributed by atoms with Gasteiger partial charge in [-0.05, 0) is 31.2 Å². The van der Waals surface area contributed by atoms with E-state index in [-0.39, 0.29) is 19.1 Å². The molecule has 1 saturated heterocycles. The molecule has 0 bridgehead atoms. The van der Waals surface area contributed by atoms with E-state index >= 15 is 0 Å². The molecule has 1 amide bonds. The summed E-state index contributed by atoms with van der Waals surface area (Å²) in [5, 5.41) is 9.99. The van der Waals surface area contributed by atoms with E-state index in [9.17, 15) is 23.1 Å². The maximum Gasteiger partial charge on any atom is 0.417 e. The SMILES string of the molecule is CCN(C(=O)c1cccc(-c2ccc(C(F)(F)F)cn2)c1)[C@H]1COC[C@@H]1O. The van der Waals surface area contributed by atoms with Gasteiger partial charge in [-0.15, -0.1) is 0 Å². The number of carbonyl (C=O) groups is 1.